The first kappa shape index (κ1) is 19.5. The standard InChI is InChI=1S/C20H22FN3O4/c1-12-8-14(4-5-17(12)21)24-7-6-18(19(24)25)23-20(26)22-13-9-15(27-2)11-16(10-13)28-3/h4-5,8-11,18H,6-7H2,1-3H3,(H2,22,23,26)/t18-/m0/s1. The third kappa shape index (κ3) is 4.16. The Bertz CT molecular complexity index is 881. The molecule has 1 saturated heterocycles. The SMILES string of the molecule is COc1cc(NC(=O)N[C@H]2CCN(c3ccc(F)c(C)c3)C2=O)cc(OC)c1. The number of aryl methyl sites for hydroxylation is 1. The number of carbonyl (C=O) groups excluding carboxylic acids is 2. The van der Waals surface area contributed by atoms with Crippen LogP contribution in [0, 0.1) is 12.7 Å². The Morgan fingerprint density at radius 1 is 1.14 bits per heavy atom. The number of hydrogen-bond acceptors (Lipinski definition) is 4. The Morgan fingerprint density at radius 2 is 1.82 bits per heavy atom. The molecule has 2 aromatic carbocycles. The molecular weight excluding hydrogens is 365 g/mol. The second-order valence-corrected chi connectivity index (χ2v) is 6.46. The number of anilines is 2. The van der Waals surface area contributed by atoms with Gasteiger partial charge in [0.1, 0.15) is 23.4 Å². The highest BCUT2D eigenvalue weighted by molar-refractivity contribution is 6.02. The molecule has 0 aliphatic carbocycles. The van der Waals surface area contributed by atoms with E-state index in [1.165, 1.54) is 20.3 Å². The van der Waals surface area contributed by atoms with Gasteiger partial charge in [0.25, 0.3) is 0 Å². The lowest BCUT2D eigenvalue weighted by atomic mass is 10.2. The number of rotatable bonds is 5. The van der Waals surface area contributed by atoms with Crippen LogP contribution in [0.4, 0.5) is 20.6 Å². The summed E-state index contributed by atoms with van der Waals surface area (Å²) < 4.78 is 23.8. The fourth-order valence-electron chi connectivity index (χ4n) is 3.07. The van der Waals surface area contributed by atoms with E-state index in [2.05, 4.69) is 10.6 Å². The van der Waals surface area contributed by atoms with Crippen LogP contribution in [0.5, 0.6) is 11.5 Å². The first-order valence-electron chi connectivity index (χ1n) is 8.79. The topological polar surface area (TPSA) is 79.9 Å². The zero-order valence-corrected chi connectivity index (χ0v) is 15.9. The van der Waals surface area contributed by atoms with Gasteiger partial charge < -0.3 is 25.0 Å². The lowest BCUT2D eigenvalue weighted by molar-refractivity contribution is -0.118. The minimum Gasteiger partial charge on any atom is -0.497 e. The van der Waals surface area contributed by atoms with Gasteiger partial charge >= 0.3 is 6.03 Å². The summed E-state index contributed by atoms with van der Waals surface area (Å²) >= 11 is 0. The van der Waals surface area contributed by atoms with E-state index in [1.54, 1.807) is 42.2 Å². The molecule has 8 heteroatoms. The second kappa shape index (κ2) is 8.16. The molecule has 0 radical (unpaired) electrons. The van der Waals surface area contributed by atoms with Gasteiger partial charge in [-0.1, -0.05) is 0 Å². The van der Waals surface area contributed by atoms with Crippen molar-refractivity contribution in [3.8, 4) is 11.5 Å². The summed E-state index contributed by atoms with van der Waals surface area (Å²) in [6.07, 6.45) is 0.462. The van der Waals surface area contributed by atoms with E-state index < -0.39 is 12.1 Å². The molecule has 28 heavy (non-hydrogen) atoms. The normalized spacial score (nSPS) is 16.1. The highest BCUT2D eigenvalue weighted by atomic mass is 19.1. The van der Waals surface area contributed by atoms with Crippen molar-refractivity contribution in [1.82, 2.24) is 5.32 Å². The van der Waals surface area contributed by atoms with Gasteiger partial charge in [0.2, 0.25) is 5.91 Å². The van der Waals surface area contributed by atoms with Gasteiger partial charge in [-0.15, -0.1) is 0 Å². The van der Waals surface area contributed by atoms with Gasteiger partial charge in [-0.05, 0) is 37.1 Å². The number of nitrogens with zero attached hydrogens (tertiary/aromatic N) is 1. The predicted molar refractivity (Wildman–Crippen MR) is 104 cm³/mol. The van der Waals surface area contributed by atoms with Gasteiger partial charge in [0.15, 0.2) is 0 Å². The Hall–Kier alpha value is -3.29. The van der Waals surface area contributed by atoms with Crippen molar-refractivity contribution in [3.63, 3.8) is 0 Å². The minimum absolute atomic E-state index is 0.232. The quantitative estimate of drug-likeness (QED) is 0.826. The number of methoxy groups -OCH3 is 2. The lowest BCUT2D eigenvalue weighted by Gasteiger charge is -2.18. The second-order valence-electron chi connectivity index (χ2n) is 6.46. The van der Waals surface area contributed by atoms with Crippen LogP contribution >= 0.6 is 0 Å². The van der Waals surface area contributed by atoms with Crippen molar-refractivity contribution in [2.75, 3.05) is 31.0 Å². The Kier molecular flexibility index (Phi) is 5.67. The highest BCUT2D eigenvalue weighted by Crippen LogP contribution is 2.26. The minimum atomic E-state index is -0.655. The highest BCUT2D eigenvalue weighted by Gasteiger charge is 2.33. The number of hydrogen-bond donors (Lipinski definition) is 2. The summed E-state index contributed by atoms with van der Waals surface area (Å²) in [7, 11) is 3.03. The molecule has 2 N–H and O–H groups in total. The largest absolute Gasteiger partial charge is 0.497 e. The maximum atomic E-state index is 13.5. The van der Waals surface area contributed by atoms with E-state index in [0.717, 1.165) is 0 Å². The average Bonchev–Trinajstić information content (AvgIpc) is 3.03. The molecule has 3 amide bonds. The maximum Gasteiger partial charge on any atom is 0.319 e. The first-order valence-corrected chi connectivity index (χ1v) is 8.79. The molecule has 3 rings (SSSR count). The van der Waals surface area contributed by atoms with Crippen molar-refractivity contribution in [2.45, 2.75) is 19.4 Å². The molecule has 0 unspecified atom stereocenters. The van der Waals surface area contributed by atoms with E-state index in [9.17, 15) is 14.0 Å². The zero-order valence-electron chi connectivity index (χ0n) is 15.9. The van der Waals surface area contributed by atoms with Crippen molar-refractivity contribution in [1.29, 1.82) is 0 Å². The molecule has 1 atom stereocenters. The van der Waals surface area contributed by atoms with E-state index in [0.29, 0.717) is 41.4 Å². The van der Waals surface area contributed by atoms with Crippen molar-refractivity contribution >= 4 is 23.3 Å². The van der Waals surface area contributed by atoms with Crippen molar-refractivity contribution in [2.24, 2.45) is 0 Å². The molecule has 2 aromatic rings. The molecule has 1 fully saturated rings. The Labute approximate surface area is 162 Å². The molecule has 1 heterocycles. The van der Waals surface area contributed by atoms with Gasteiger partial charge in [0, 0.05) is 36.1 Å². The molecule has 0 aromatic heterocycles. The van der Waals surface area contributed by atoms with E-state index in [4.69, 9.17) is 9.47 Å². The van der Waals surface area contributed by atoms with Crippen LogP contribution in [0.25, 0.3) is 0 Å². The molecule has 1 aliphatic rings. The number of benzene rings is 2. The smallest absolute Gasteiger partial charge is 0.319 e. The summed E-state index contributed by atoms with van der Waals surface area (Å²) in [5, 5.41) is 5.36. The number of ether oxygens (including phenoxy) is 2. The van der Waals surface area contributed by atoms with Crippen LogP contribution < -0.4 is 25.0 Å². The first-order chi connectivity index (χ1) is 13.4. The van der Waals surface area contributed by atoms with Crippen molar-refractivity contribution < 1.29 is 23.5 Å². The number of amides is 3. The molecule has 1 aliphatic heterocycles. The molecule has 0 bridgehead atoms. The van der Waals surface area contributed by atoms with Crippen LogP contribution in [0.15, 0.2) is 36.4 Å². The van der Waals surface area contributed by atoms with E-state index in [1.807, 2.05) is 0 Å². The number of nitrogens with one attached hydrogen (secondary N) is 2. The summed E-state index contributed by atoms with van der Waals surface area (Å²) in [6, 6.07) is 8.33. The third-order valence-corrected chi connectivity index (χ3v) is 4.57. The lowest BCUT2D eigenvalue weighted by Crippen LogP contribution is -2.43. The molecular formula is C20H22FN3O4. The van der Waals surface area contributed by atoms with Crippen LogP contribution in [-0.2, 0) is 4.79 Å². The predicted octanol–water partition coefficient (Wildman–Crippen LogP) is 3.08. The summed E-state index contributed by atoms with van der Waals surface area (Å²) in [5.74, 6) is 0.511. The van der Waals surface area contributed by atoms with Crippen molar-refractivity contribution in [3.05, 3.63) is 47.8 Å². The van der Waals surface area contributed by atoms with Gasteiger partial charge in [-0.25, -0.2) is 9.18 Å². The maximum absolute atomic E-state index is 13.5. The fraction of sp³-hybridized carbons (Fsp3) is 0.300. The number of urea groups is 1. The van der Waals surface area contributed by atoms with E-state index >= 15 is 0 Å². The zero-order chi connectivity index (χ0) is 20.3. The summed E-state index contributed by atoms with van der Waals surface area (Å²) in [6.45, 7) is 2.09. The van der Waals surface area contributed by atoms with Crippen LogP contribution in [0.3, 0.4) is 0 Å². The molecule has 148 valence electrons. The van der Waals surface area contributed by atoms with E-state index in [-0.39, 0.29) is 11.7 Å². The summed E-state index contributed by atoms with van der Waals surface area (Å²) in [4.78, 5) is 26.5. The molecule has 0 saturated carbocycles. The van der Waals surface area contributed by atoms with Crippen LogP contribution in [0.2, 0.25) is 0 Å². The summed E-state index contributed by atoms with van der Waals surface area (Å²) in [5.41, 5.74) is 1.56. The third-order valence-electron chi connectivity index (χ3n) is 4.57. The van der Waals surface area contributed by atoms with Gasteiger partial charge in [-0.2, -0.15) is 0 Å². The van der Waals surface area contributed by atoms with Gasteiger partial charge in [0.05, 0.1) is 14.2 Å². The Balaban J connectivity index is 1.65. The van der Waals surface area contributed by atoms with Crippen LogP contribution in [-0.4, -0.2) is 38.7 Å². The van der Waals surface area contributed by atoms with Gasteiger partial charge in [-0.3, -0.25) is 4.79 Å². The number of carbonyl (C=O) groups is 2. The monoisotopic (exact) mass is 387 g/mol. The Morgan fingerprint density at radius 3 is 2.43 bits per heavy atom. The van der Waals surface area contributed by atoms with Crippen LogP contribution in [0.1, 0.15) is 12.0 Å². The molecule has 7 nitrogen and oxygen atoms in total. The average molecular weight is 387 g/mol. The number of halogens is 1. The fourth-order valence-corrected chi connectivity index (χ4v) is 3.07. The molecule has 0 spiro atoms.